The zero-order valence-electron chi connectivity index (χ0n) is 10.9. The molecule has 3 rings (SSSR count). The molecular formula is C14H15Cl2N3O. The molecule has 2 aromatic rings. The molecule has 0 bridgehead atoms. The summed E-state index contributed by atoms with van der Waals surface area (Å²) in [4.78, 5) is 4.45. The highest BCUT2D eigenvalue weighted by Crippen LogP contribution is 2.27. The maximum absolute atomic E-state index is 6.15. The second kappa shape index (κ2) is 6.12. The van der Waals surface area contributed by atoms with Gasteiger partial charge in [-0.25, -0.2) is 0 Å². The Morgan fingerprint density at radius 1 is 1.25 bits per heavy atom. The molecule has 1 saturated heterocycles. The minimum absolute atomic E-state index is 0.173. The summed E-state index contributed by atoms with van der Waals surface area (Å²) in [5, 5.41) is 8.66. The zero-order chi connectivity index (χ0) is 13.9. The molecule has 1 aromatic heterocycles. The number of aromatic nitrogens is 2. The molecule has 6 heteroatoms. The second-order valence-electron chi connectivity index (χ2n) is 4.93. The lowest BCUT2D eigenvalue weighted by Gasteiger charge is -2.19. The van der Waals surface area contributed by atoms with E-state index in [1.165, 1.54) is 12.8 Å². The molecule has 0 aliphatic carbocycles. The van der Waals surface area contributed by atoms with Crippen molar-refractivity contribution in [3.8, 4) is 0 Å². The van der Waals surface area contributed by atoms with Crippen molar-refractivity contribution in [2.24, 2.45) is 0 Å². The first kappa shape index (κ1) is 13.9. The Morgan fingerprint density at radius 3 is 2.75 bits per heavy atom. The van der Waals surface area contributed by atoms with Crippen molar-refractivity contribution >= 4 is 23.2 Å². The van der Waals surface area contributed by atoms with E-state index >= 15 is 0 Å². The molecule has 0 radical (unpaired) electrons. The van der Waals surface area contributed by atoms with Gasteiger partial charge in [0.2, 0.25) is 5.89 Å². The van der Waals surface area contributed by atoms with Crippen LogP contribution in [-0.4, -0.2) is 16.7 Å². The molecule has 1 atom stereocenters. The van der Waals surface area contributed by atoms with Crippen LogP contribution in [0.1, 0.15) is 42.6 Å². The van der Waals surface area contributed by atoms with Crippen LogP contribution >= 0.6 is 23.2 Å². The van der Waals surface area contributed by atoms with Crippen LogP contribution in [-0.2, 0) is 6.42 Å². The van der Waals surface area contributed by atoms with Crippen LogP contribution in [0.3, 0.4) is 0 Å². The second-order valence-corrected chi connectivity index (χ2v) is 5.74. The Kier molecular flexibility index (Phi) is 4.24. The quantitative estimate of drug-likeness (QED) is 0.937. The fourth-order valence-corrected chi connectivity index (χ4v) is 2.93. The van der Waals surface area contributed by atoms with E-state index in [9.17, 15) is 0 Å². The summed E-state index contributed by atoms with van der Waals surface area (Å²) in [5.41, 5.74) is 0.833. The number of nitrogens with one attached hydrogen (secondary N) is 1. The summed E-state index contributed by atoms with van der Waals surface area (Å²) < 4.78 is 5.35. The van der Waals surface area contributed by atoms with Crippen molar-refractivity contribution in [2.45, 2.75) is 31.7 Å². The molecule has 2 heterocycles. The number of hydrogen-bond donors (Lipinski definition) is 1. The summed E-state index contributed by atoms with van der Waals surface area (Å²) in [6, 6.07) is 5.62. The van der Waals surface area contributed by atoms with Gasteiger partial charge in [0.15, 0.2) is 5.82 Å². The molecule has 4 nitrogen and oxygen atoms in total. The van der Waals surface area contributed by atoms with Crippen molar-refractivity contribution in [2.75, 3.05) is 6.54 Å². The third kappa shape index (κ3) is 2.97. The summed E-state index contributed by atoms with van der Waals surface area (Å²) in [6.45, 7) is 0.999. The summed E-state index contributed by atoms with van der Waals surface area (Å²) in [7, 11) is 0. The van der Waals surface area contributed by atoms with Crippen LogP contribution in [0.15, 0.2) is 22.7 Å². The van der Waals surface area contributed by atoms with Gasteiger partial charge in [-0.1, -0.05) is 40.8 Å². The number of halogens is 2. The summed E-state index contributed by atoms with van der Waals surface area (Å²) in [6.07, 6.45) is 3.90. The highest BCUT2D eigenvalue weighted by Gasteiger charge is 2.21. The van der Waals surface area contributed by atoms with Crippen LogP contribution in [0.4, 0.5) is 0 Å². The molecule has 1 unspecified atom stereocenters. The maximum atomic E-state index is 6.15. The SMILES string of the molecule is Clc1cccc(Cl)c1Cc1noc(C2CCCCN2)n1. The van der Waals surface area contributed by atoms with E-state index in [0.29, 0.717) is 28.2 Å². The minimum atomic E-state index is 0.173. The van der Waals surface area contributed by atoms with E-state index in [1.807, 2.05) is 18.2 Å². The number of piperidine rings is 1. The van der Waals surface area contributed by atoms with Crippen LogP contribution in [0.5, 0.6) is 0 Å². The zero-order valence-corrected chi connectivity index (χ0v) is 12.4. The van der Waals surface area contributed by atoms with Crippen molar-refractivity contribution in [1.29, 1.82) is 0 Å². The van der Waals surface area contributed by atoms with E-state index in [4.69, 9.17) is 27.7 Å². The summed E-state index contributed by atoms with van der Waals surface area (Å²) in [5.74, 6) is 1.27. The Bertz CT molecular complexity index is 574. The van der Waals surface area contributed by atoms with E-state index in [-0.39, 0.29) is 6.04 Å². The third-order valence-electron chi connectivity index (χ3n) is 3.49. The van der Waals surface area contributed by atoms with Crippen molar-refractivity contribution in [3.63, 3.8) is 0 Å². The number of rotatable bonds is 3. The fraction of sp³-hybridized carbons (Fsp3) is 0.429. The van der Waals surface area contributed by atoms with Crippen molar-refractivity contribution < 1.29 is 4.52 Å². The molecule has 0 saturated carbocycles. The normalized spacial score (nSPS) is 19.2. The first-order valence-corrected chi connectivity index (χ1v) is 7.48. The van der Waals surface area contributed by atoms with Gasteiger partial charge in [0.25, 0.3) is 0 Å². The van der Waals surface area contributed by atoms with Crippen molar-refractivity contribution in [1.82, 2.24) is 15.5 Å². The topological polar surface area (TPSA) is 51.0 Å². The predicted molar refractivity (Wildman–Crippen MR) is 78.2 cm³/mol. The van der Waals surface area contributed by atoms with Gasteiger partial charge in [0.05, 0.1) is 6.04 Å². The van der Waals surface area contributed by atoms with E-state index < -0.39 is 0 Å². The molecule has 106 valence electrons. The Hall–Kier alpha value is -1.10. The van der Waals surface area contributed by atoms with Gasteiger partial charge in [0, 0.05) is 16.5 Å². The van der Waals surface area contributed by atoms with Crippen LogP contribution in [0.2, 0.25) is 10.0 Å². The molecule has 1 fully saturated rings. The molecule has 0 spiro atoms. The molecule has 1 aliphatic rings. The molecule has 1 N–H and O–H groups in total. The number of benzene rings is 1. The summed E-state index contributed by atoms with van der Waals surface area (Å²) >= 11 is 12.3. The van der Waals surface area contributed by atoms with Gasteiger partial charge in [0.1, 0.15) is 0 Å². The van der Waals surface area contributed by atoms with Gasteiger partial charge >= 0.3 is 0 Å². The average Bonchev–Trinajstić information content (AvgIpc) is 2.93. The Labute approximate surface area is 127 Å². The van der Waals surface area contributed by atoms with Gasteiger partial charge < -0.3 is 9.84 Å². The highest BCUT2D eigenvalue weighted by atomic mass is 35.5. The number of hydrogen-bond acceptors (Lipinski definition) is 4. The standard InChI is InChI=1S/C14H15Cl2N3O/c15-10-4-3-5-11(16)9(10)8-13-18-14(20-19-13)12-6-1-2-7-17-12/h3-5,12,17H,1-2,6-8H2. The van der Waals surface area contributed by atoms with Gasteiger partial charge in [-0.2, -0.15) is 4.98 Å². The fourth-order valence-electron chi connectivity index (χ4n) is 2.40. The lowest BCUT2D eigenvalue weighted by molar-refractivity contribution is 0.296. The van der Waals surface area contributed by atoms with Crippen LogP contribution in [0.25, 0.3) is 0 Å². The first-order valence-electron chi connectivity index (χ1n) is 6.73. The monoisotopic (exact) mass is 311 g/mol. The van der Waals surface area contributed by atoms with E-state index in [1.54, 1.807) is 0 Å². The molecule has 1 aliphatic heterocycles. The molecule has 20 heavy (non-hydrogen) atoms. The lowest BCUT2D eigenvalue weighted by Crippen LogP contribution is -2.27. The number of nitrogens with zero attached hydrogens (tertiary/aromatic N) is 2. The predicted octanol–water partition coefficient (Wildman–Crippen LogP) is 3.78. The van der Waals surface area contributed by atoms with E-state index in [2.05, 4.69) is 15.5 Å². The van der Waals surface area contributed by atoms with Gasteiger partial charge in [-0.3, -0.25) is 0 Å². The Balaban J connectivity index is 1.77. The molecule has 0 amide bonds. The van der Waals surface area contributed by atoms with Gasteiger partial charge in [-0.05, 0) is 37.1 Å². The van der Waals surface area contributed by atoms with E-state index in [0.717, 1.165) is 18.5 Å². The third-order valence-corrected chi connectivity index (χ3v) is 4.20. The Morgan fingerprint density at radius 2 is 2.05 bits per heavy atom. The highest BCUT2D eigenvalue weighted by molar-refractivity contribution is 6.36. The molecular weight excluding hydrogens is 297 g/mol. The van der Waals surface area contributed by atoms with Crippen molar-refractivity contribution in [3.05, 3.63) is 45.5 Å². The largest absolute Gasteiger partial charge is 0.338 e. The van der Waals surface area contributed by atoms with Gasteiger partial charge in [-0.15, -0.1) is 0 Å². The van der Waals surface area contributed by atoms with Crippen LogP contribution < -0.4 is 5.32 Å². The lowest BCUT2D eigenvalue weighted by atomic mass is 10.1. The average molecular weight is 312 g/mol. The maximum Gasteiger partial charge on any atom is 0.243 e. The smallest absolute Gasteiger partial charge is 0.243 e. The van der Waals surface area contributed by atoms with Crippen LogP contribution in [0, 0.1) is 0 Å². The first-order chi connectivity index (χ1) is 9.74. The molecule has 1 aromatic carbocycles. The minimum Gasteiger partial charge on any atom is -0.338 e.